The maximum absolute atomic E-state index is 4.62. The predicted molar refractivity (Wildman–Crippen MR) is 44.9 cm³/mol. The molecule has 8 heavy (non-hydrogen) atoms. The van der Waals surface area contributed by atoms with E-state index in [1.54, 1.807) is 0 Å². The predicted octanol–water partition coefficient (Wildman–Crippen LogP) is 1.36. The van der Waals surface area contributed by atoms with Crippen LogP contribution in [0.25, 0.3) is 0 Å². The Morgan fingerprint density at radius 1 is 1.62 bits per heavy atom. The summed E-state index contributed by atoms with van der Waals surface area (Å²) in [6.07, 6.45) is 0. The second kappa shape index (κ2) is 5.34. The molecule has 0 amide bonds. The molecular formula is C4H12N2S2. The summed E-state index contributed by atoms with van der Waals surface area (Å²) in [5.41, 5.74) is 0. The first-order chi connectivity index (χ1) is 3.13. The summed E-state index contributed by atoms with van der Waals surface area (Å²) in [7, 11) is 0. The highest BCUT2D eigenvalue weighted by Crippen LogP contribution is 1.81. The number of hydrogen-bond donors (Lipinski definition) is 3. The van der Waals surface area contributed by atoms with E-state index >= 15 is 0 Å². The van der Waals surface area contributed by atoms with Crippen LogP contribution in [-0.4, -0.2) is 10.4 Å². The van der Waals surface area contributed by atoms with Gasteiger partial charge in [-0.3, -0.25) is 0 Å². The fraction of sp³-hybridized carbons (Fsp3) is 0.750. The van der Waals surface area contributed by atoms with Crippen LogP contribution in [0.15, 0.2) is 0 Å². The Balaban J connectivity index is 0. The monoisotopic (exact) mass is 152 g/mol. The quantitative estimate of drug-likeness (QED) is 0.393. The average Bonchev–Trinajstić information content (AvgIpc) is 1.27. The zero-order valence-electron chi connectivity index (χ0n) is 5.14. The zero-order chi connectivity index (χ0) is 5.86. The van der Waals surface area contributed by atoms with E-state index in [-0.39, 0.29) is 6.15 Å². The van der Waals surface area contributed by atoms with Gasteiger partial charge in [-0.15, -0.1) is 12.6 Å². The Morgan fingerprint density at radius 2 is 2.00 bits per heavy atom. The fourth-order valence-electron chi connectivity index (χ4n) is 0.247. The van der Waals surface area contributed by atoms with Gasteiger partial charge in [0.05, 0.1) is 0 Å². The normalized spacial score (nSPS) is 8.00. The van der Waals surface area contributed by atoms with Crippen molar-refractivity contribution in [2.75, 3.05) is 0 Å². The Kier molecular flexibility index (Phi) is 7.38. The molecule has 0 aliphatic rings. The van der Waals surface area contributed by atoms with Crippen LogP contribution in [0.1, 0.15) is 13.8 Å². The van der Waals surface area contributed by atoms with E-state index in [0.717, 1.165) is 0 Å². The lowest BCUT2D eigenvalue weighted by molar-refractivity contribution is 0.747. The minimum Gasteiger partial charge on any atom is -0.369 e. The third-order valence-corrected chi connectivity index (χ3v) is 0.659. The molecule has 0 aromatic heterocycles. The molecule has 0 aromatic carbocycles. The standard InChI is InChI=1S/C4H9NS2.H3N/c1-3(2)5-4(6)7;/h3H,1-2H3,(H2,5,6,7);1H3. The first kappa shape index (κ1) is 11.1. The molecule has 0 saturated carbocycles. The van der Waals surface area contributed by atoms with Gasteiger partial charge in [0.25, 0.3) is 0 Å². The molecule has 0 bridgehead atoms. The molecule has 0 spiro atoms. The van der Waals surface area contributed by atoms with Crippen LogP contribution < -0.4 is 11.5 Å². The molecule has 0 fully saturated rings. The van der Waals surface area contributed by atoms with Crippen molar-refractivity contribution in [2.45, 2.75) is 19.9 Å². The van der Waals surface area contributed by atoms with Crippen molar-refractivity contribution in [3.8, 4) is 0 Å². The van der Waals surface area contributed by atoms with Gasteiger partial charge in [0.2, 0.25) is 0 Å². The highest BCUT2D eigenvalue weighted by Gasteiger charge is 1.88. The van der Waals surface area contributed by atoms with E-state index in [2.05, 4.69) is 30.2 Å². The number of rotatable bonds is 1. The molecule has 4 heteroatoms. The van der Waals surface area contributed by atoms with Crippen LogP contribution in [0.5, 0.6) is 0 Å². The van der Waals surface area contributed by atoms with Crippen LogP contribution >= 0.6 is 24.8 Å². The number of thiol groups is 1. The van der Waals surface area contributed by atoms with Crippen molar-refractivity contribution in [1.82, 2.24) is 11.5 Å². The van der Waals surface area contributed by atoms with Gasteiger partial charge in [0, 0.05) is 6.04 Å². The second-order valence-electron chi connectivity index (χ2n) is 1.60. The van der Waals surface area contributed by atoms with Crippen LogP contribution in [0.3, 0.4) is 0 Å². The van der Waals surface area contributed by atoms with Crippen molar-refractivity contribution in [3.63, 3.8) is 0 Å². The second-order valence-corrected chi connectivity index (χ2v) is 2.76. The molecular weight excluding hydrogens is 140 g/mol. The lowest BCUT2D eigenvalue weighted by Gasteiger charge is -2.03. The molecule has 0 rings (SSSR count). The third kappa shape index (κ3) is 9.50. The molecule has 0 heterocycles. The summed E-state index contributed by atoms with van der Waals surface area (Å²) >= 11 is 8.48. The maximum atomic E-state index is 4.62. The lowest BCUT2D eigenvalue weighted by Crippen LogP contribution is -2.24. The maximum Gasteiger partial charge on any atom is 0.130 e. The molecule has 0 saturated heterocycles. The van der Waals surface area contributed by atoms with E-state index in [4.69, 9.17) is 0 Å². The molecule has 2 nitrogen and oxygen atoms in total. The van der Waals surface area contributed by atoms with E-state index < -0.39 is 0 Å². The number of nitrogens with one attached hydrogen (secondary N) is 1. The van der Waals surface area contributed by atoms with Gasteiger partial charge in [-0.05, 0) is 13.8 Å². The summed E-state index contributed by atoms with van der Waals surface area (Å²) in [5.74, 6) is 0. The van der Waals surface area contributed by atoms with Gasteiger partial charge in [0.15, 0.2) is 0 Å². The molecule has 0 aromatic rings. The first-order valence-electron chi connectivity index (χ1n) is 2.12. The lowest BCUT2D eigenvalue weighted by atomic mass is 10.4. The van der Waals surface area contributed by atoms with Gasteiger partial charge in [0.1, 0.15) is 4.32 Å². The molecule has 0 aliphatic heterocycles. The summed E-state index contributed by atoms with van der Waals surface area (Å²) in [4.78, 5) is 0. The van der Waals surface area contributed by atoms with Crippen molar-refractivity contribution < 1.29 is 0 Å². The molecule has 4 N–H and O–H groups in total. The first-order valence-corrected chi connectivity index (χ1v) is 2.98. The highest BCUT2D eigenvalue weighted by atomic mass is 32.1. The smallest absolute Gasteiger partial charge is 0.130 e. The highest BCUT2D eigenvalue weighted by molar-refractivity contribution is 8.11. The fourth-order valence-corrected chi connectivity index (χ4v) is 0.741. The summed E-state index contributed by atoms with van der Waals surface area (Å²) in [6.45, 7) is 4.03. The molecule has 0 aliphatic carbocycles. The minimum absolute atomic E-state index is 0. The largest absolute Gasteiger partial charge is 0.369 e. The van der Waals surface area contributed by atoms with Crippen LogP contribution in [0, 0.1) is 0 Å². The average molecular weight is 152 g/mol. The minimum atomic E-state index is 0. The summed E-state index contributed by atoms with van der Waals surface area (Å²) in [6, 6.07) is 0.407. The van der Waals surface area contributed by atoms with Crippen LogP contribution in [0.2, 0.25) is 0 Å². The summed E-state index contributed by atoms with van der Waals surface area (Å²) in [5, 5.41) is 2.90. The zero-order valence-corrected chi connectivity index (χ0v) is 6.85. The Morgan fingerprint density at radius 3 is 2.00 bits per heavy atom. The van der Waals surface area contributed by atoms with Gasteiger partial charge < -0.3 is 11.5 Å². The van der Waals surface area contributed by atoms with Gasteiger partial charge in [-0.1, -0.05) is 12.2 Å². The third-order valence-electron chi connectivity index (χ3n) is 0.412. The Hall–Kier alpha value is 0.200. The number of hydrogen-bond acceptors (Lipinski definition) is 2. The Bertz CT molecular complexity index is 72.4. The number of thiocarbonyl (C=S) groups is 1. The van der Waals surface area contributed by atoms with Crippen molar-refractivity contribution >= 4 is 29.2 Å². The van der Waals surface area contributed by atoms with E-state index in [0.29, 0.717) is 10.4 Å². The van der Waals surface area contributed by atoms with Gasteiger partial charge >= 0.3 is 0 Å². The Labute approximate surface area is 61.0 Å². The summed E-state index contributed by atoms with van der Waals surface area (Å²) < 4.78 is 0.565. The van der Waals surface area contributed by atoms with Crippen LogP contribution in [0.4, 0.5) is 0 Å². The SMILES string of the molecule is CC(C)NC(=S)S.N. The van der Waals surface area contributed by atoms with Crippen molar-refractivity contribution in [2.24, 2.45) is 0 Å². The van der Waals surface area contributed by atoms with E-state index in [1.807, 2.05) is 13.8 Å². The van der Waals surface area contributed by atoms with Gasteiger partial charge in [-0.2, -0.15) is 0 Å². The van der Waals surface area contributed by atoms with E-state index in [9.17, 15) is 0 Å². The van der Waals surface area contributed by atoms with Crippen molar-refractivity contribution in [1.29, 1.82) is 0 Å². The van der Waals surface area contributed by atoms with Crippen LogP contribution in [-0.2, 0) is 0 Å². The topological polar surface area (TPSA) is 47.0 Å². The van der Waals surface area contributed by atoms with Gasteiger partial charge in [-0.25, -0.2) is 0 Å². The molecule has 0 radical (unpaired) electrons. The molecule has 0 unspecified atom stereocenters. The molecule has 50 valence electrons. The van der Waals surface area contributed by atoms with Crippen molar-refractivity contribution in [3.05, 3.63) is 0 Å². The molecule has 0 atom stereocenters. The van der Waals surface area contributed by atoms with E-state index in [1.165, 1.54) is 0 Å².